The summed E-state index contributed by atoms with van der Waals surface area (Å²) < 4.78 is 74.3. The third-order valence-corrected chi connectivity index (χ3v) is 16.5. The zero-order valence-electron chi connectivity index (χ0n) is 41.4. The van der Waals surface area contributed by atoms with Crippen molar-refractivity contribution in [2.75, 3.05) is 48.8 Å². The van der Waals surface area contributed by atoms with Gasteiger partial charge in [0.15, 0.2) is 5.71 Å². The second-order valence-electron chi connectivity index (χ2n) is 19.7. The summed E-state index contributed by atoms with van der Waals surface area (Å²) in [6.07, 6.45) is 15.3. The van der Waals surface area contributed by atoms with Crippen LogP contribution in [0.1, 0.15) is 102 Å². The zero-order valence-corrected chi connectivity index (χ0v) is 43.8. The minimum absolute atomic E-state index is 0.0437. The standard InChI is InChI=1S/C54H66N4O10S3/c1-53(2)42-17-6-8-19-44(42)56(32-10-12-35-70(62,63)64)47(53)27-23-39-15-14-16-40(24-28-48-54(3,4)43-18-7-9-20-45(43)57(48)33-11-13-36-71(65,66)67)51(39)68-41-25-21-38(22-26-41)29-31-55-49(59)30-34-58-50(60)37-46(69-5)52(58)61/h6-9,17-28,46H,10-16,29-37H2,1-5H3,(H2-,55,59,62,63,64,65,66,67)/p+1. The molecule has 0 saturated carbocycles. The molecule has 380 valence electrons. The first kappa shape index (κ1) is 53.5. The number of hydrogen-bond donors (Lipinski definition) is 3. The van der Waals surface area contributed by atoms with Crippen molar-refractivity contribution >= 4 is 66.8 Å². The number of unbranched alkanes of at least 4 members (excludes halogenated alkanes) is 2. The highest BCUT2D eigenvalue weighted by atomic mass is 32.2. The molecule has 3 amide bonds. The van der Waals surface area contributed by atoms with Gasteiger partial charge in [0.1, 0.15) is 18.1 Å². The van der Waals surface area contributed by atoms with Crippen LogP contribution in [0, 0.1) is 0 Å². The van der Waals surface area contributed by atoms with Crippen LogP contribution in [0.4, 0.5) is 11.4 Å². The number of thioether (sulfide) groups is 1. The highest BCUT2D eigenvalue weighted by Crippen LogP contribution is 2.48. The van der Waals surface area contributed by atoms with E-state index in [-0.39, 0.29) is 64.7 Å². The Kier molecular flexibility index (Phi) is 17.0. The normalized spacial score (nSPS) is 20.0. The number of allylic oxidation sites excluding steroid dienone is 7. The van der Waals surface area contributed by atoms with Crippen molar-refractivity contribution < 1.29 is 49.6 Å². The van der Waals surface area contributed by atoms with Crippen LogP contribution in [-0.2, 0) is 51.9 Å². The van der Waals surface area contributed by atoms with Gasteiger partial charge in [-0.25, -0.2) is 0 Å². The maximum Gasteiger partial charge on any atom is 0.264 e. The fourth-order valence-corrected chi connectivity index (χ4v) is 11.9. The number of para-hydroxylation sites is 2. The van der Waals surface area contributed by atoms with Crippen LogP contribution in [0.2, 0.25) is 0 Å². The molecule has 1 saturated heterocycles. The van der Waals surface area contributed by atoms with Crippen LogP contribution in [0.25, 0.3) is 0 Å². The van der Waals surface area contributed by atoms with Gasteiger partial charge in [-0.15, -0.1) is 0 Å². The van der Waals surface area contributed by atoms with Crippen molar-refractivity contribution in [1.82, 2.24) is 10.2 Å². The number of imide groups is 1. The van der Waals surface area contributed by atoms with Gasteiger partial charge < -0.3 is 15.0 Å². The maximum atomic E-state index is 12.7. The van der Waals surface area contributed by atoms with E-state index in [1.54, 1.807) is 6.26 Å². The summed E-state index contributed by atoms with van der Waals surface area (Å²) in [5, 5.41) is 2.54. The Morgan fingerprint density at radius 2 is 1.49 bits per heavy atom. The SMILES string of the molecule is CSC1CC(=O)N(CCC(=O)NCCc2ccc(OC3=C(/C=C/C4=[N+](CCCCS(=O)(=O)O)c5ccccc5C4(C)C)CCC/C3=C\C=C3\N(CCCCS(=O)(=O)O)c4ccccc4C3(C)C)cc2)C1=O. The van der Waals surface area contributed by atoms with Crippen molar-refractivity contribution in [2.45, 2.75) is 108 Å². The average Bonchev–Trinajstić information content (AvgIpc) is 3.81. The number of likely N-dealkylation sites (tertiary alicyclic amines) is 1. The fourth-order valence-electron chi connectivity index (χ4n) is 10.1. The predicted octanol–water partition coefficient (Wildman–Crippen LogP) is 8.62. The van der Waals surface area contributed by atoms with Gasteiger partial charge in [-0.3, -0.25) is 28.4 Å². The van der Waals surface area contributed by atoms with Crippen LogP contribution in [0.15, 0.2) is 120 Å². The maximum absolute atomic E-state index is 12.7. The summed E-state index contributed by atoms with van der Waals surface area (Å²) in [6, 6.07) is 24.3. The molecule has 0 bridgehead atoms. The molecule has 1 fully saturated rings. The summed E-state index contributed by atoms with van der Waals surface area (Å²) in [6.45, 7) is 10.3. The van der Waals surface area contributed by atoms with Gasteiger partial charge in [-0.1, -0.05) is 68.5 Å². The molecule has 3 aromatic carbocycles. The van der Waals surface area contributed by atoms with E-state index in [4.69, 9.17) is 4.74 Å². The number of rotatable bonds is 22. The second-order valence-corrected chi connectivity index (χ2v) is 23.8. The quantitative estimate of drug-likeness (QED) is 0.0377. The molecular formula is C54H67N4O10S3+. The van der Waals surface area contributed by atoms with Crippen LogP contribution in [0.5, 0.6) is 5.75 Å². The third-order valence-electron chi connectivity index (χ3n) is 14.0. The van der Waals surface area contributed by atoms with Crippen LogP contribution in [-0.4, -0.2) is 108 Å². The number of hydrogen-bond acceptors (Lipinski definition) is 10. The molecule has 3 heterocycles. The number of ether oxygens (including phenoxy) is 1. The summed E-state index contributed by atoms with van der Waals surface area (Å²) in [5.74, 6) is 0.0768. The van der Waals surface area contributed by atoms with Gasteiger partial charge in [0.2, 0.25) is 23.4 Å². The Hall–Kier alpha value is -5.33. The summed E-state index contributed by atoms with van der Waals surface area (Å²) in [5.41, 5.74) is 8.83. The Bertz CT molecular complexity index is 2900. The smallest absolute Gasteiger partial charge is 0.264 e. The molecule has 71 heavy (non-hydrogen) atoms. The molecule has 1 aliphatic carbocycles. The van der Waals surface area contributed by atoms with Crippen molar-refractivity contribution in [3.05, 3.63) is 136 Å². The molecule has 1 unspecified atom stereocenters. The monoisotopic (exact) mass is 1030 g/mol. The molecule has 0 aromatic heterocycles. The second kappa shape index (κ2) is 22.6. The highest BCUT2D eigenvalue weighted by molar-refractivity contribution is 8.00. The number of carbonyl (C=O) groups is 3. The van der Waals surface area contributed by atoms with Crippen LogP contribution in [0.3, 0.4) is 0 Å². The van der Waals surface area contributed by atoms with E-state index in [0.717, 1.165) is 75.6 Å². The zero-order chi connectivity index (χ0) is 51.1. The van der Waals surface area contributed by atoms with E-state index in [0.29, 0.717) is 57.5 Å². The van der Waals surface area contributed by atoms with Crippen LogP contribution < -0.4 is 15.0 Å². The van der Waals surface area contributed by atoms with Gasteiger partial charge >= 0.3 is 0 Å². The van der Waals surface area contributed by atoms with Crippen molar-refractivity contribution in [3.63, 3.8) is 0 Å². The van der Waals surface area contributed by atoms with E-state index < -0.39 is 20.2 Å². The Labute approximate surface area is 423 Å². The highest BCUT2D eigenvalue weighted by Gasteiger charge is 2.44. The van der Waals surface area contributed by atoms with Gasteiger partial charge in [0.05, 0.1) is 22.2 Å². The first-order valence-corrected chi connectivity index (χ1v) is 28.9. The average molecular weight is 1030 g/mol. The van der Waals surface area contributed by atoms with Gasteiger partial charge in [-0.05, 0) is 118 Å². The Balaban J connectivity index is 1.17. The number of benzene rings is 3. The van der Waals surface area contributed by atoms with E-state index >= 15 is 0 Å². The number of nitrogens with zero attached hydrogens (tertiary/aromatic N) is 3. The molecule has 7 rings (SSSR count). The molecule has 4 aliphatic rings. The summed E-state index contributed by atoms with van der Waals surface area (Å²) >= 11 is 1.35. The largest absolute Gasteiger partial charge is 0.457 e. The molecule has 0 radical (unpaired) electrons. The first-order chi connectivity index (χ1) is 33.7. The molecule has 3 aliphatic heterocycles. The Morgan fingerprint density at radius 1 is 0.817 bits per heavy atom. The lowest BCUT2D eigenvalue weighted by Gasteiger charge is -2.27. The number of carbonyl (C=O) groups excluding carboxylic acids is 3. The third kappa shape index (κ3) is 13.0. The van der Waals surface area contributed by atoms with Crippen molar-refractivity contribution in [1.29, 1.82) is 0 Å². The van der Waals surface area contributed by atoms with Gasteiger partial charge in [0, 0.05) is 73.4 Å². The fraction of sp³-hybridized carbons (Fsp3) is 0.444. The minimum Gasteiger partial charge on any atom is -0.457 e. The van der Waals surface area contributed by atoms with Crippen molar-refractivity contribution in [3.8, 4) is 5.75 Å². The van der Waals surface area contributed by atoms with E-state index in [1.165, 1.54) is 16.7 Å². The van der Waals surface area contributed by atoms with E-state index in [9.17, 15) is 40.3 Å². The lowest BCUT2D eigenvalue weighted by Crippen LogP contribution is -2.35. The Morgan fingerprint density at radius 3 is 2.18 bits per heavy atom. The van der Waals surface area contributed by atoms with Gasteiger partial charge in [0.25, 0.3) is 20.2 Å². The minimum atomic E-state index is -4.08. The molecule has 1 atom stereocenters. The summed E-state index contributed by atoms with van der Waals surface area (Å²) in [4.78, 5) is 40.9. The summed E-state index contributed by atoms with van der Waals surface area (Å²) in [7, 11) is -8.15. The van der Waals surface area contributed by atoms with E-state index in [1.807, 2.05) is 48.5 Å². The number of anilines is 1. The molecular weight excluding hydrogens is 961 g/mol. The first-order valence-electron chi connectivity index (χ1n) is 24.4. The van der Waals surface area contributed by atoms with Crippen LogP contribution >= 0.6 is 11.8 Å². The van der Waals surface area contributed by atoms with Gasteiger partial charge in [-0.2, -0.15) is 33.2 Å². The molecule has 14 nitrogen and oxygen atoms in total. The van der Waals surface area contributed by atoms with Crippen molar-refractivity contribution in [2.24, 2.45) is 0 Å². The number of amides is 3. The number of fused-ring (bicyclic) bond motifs is 2. The lowest BCUT2D eigenvalue weighted by atomic mass is 9.81. The molecule has 3 N–H and O–H groups in total. The lowest BCUT2D eigenvalue weighted by molar-refractivity contribution is -0.438. The molecule has 17 heteroatoms. The van der Waals surface area contributed by atoms with E-state index in [2.05, 4.69) is 91.1 Å². The topological polar surface area (TPSA) is 191 Å². The molecule has 0 spiro atoms. The molecule has 3 aromatic rings. The number of nitrogens with one attached hydrogen (secondary N) is 1. The predicted molar refractivity (Wildman–Crippen MR) is 281 cm³/mol.